The van der Waals surface area contributed by atoms with E-state index in [0.29, 0.717) is 48.7 Å². The van der Waals surface area contributed by atoms with Gasteiger partial charge >= 0.3 is 0 Å². The number of halogens is 1. The molecule has 3 N–H and O–H groups in total. The van der Waals surface area contributed by atoms with Crippen molar-refractivity contribution in [3.05, 3.63) is 53.6 Å². The van der Waals surface area contributed by atoms with E-state index in [9.17, 15) is 4.79 Å². The fourth-order valence-corrected chi connectivity index (χ4v) is 5.44. The molecule has 0 bridgehead atoms. The summed E-state index contributed by atoms with van der Waals surface area (Å²) < 4.78 is 7.13. The van der Waals surface area contributed by atoms with Crippen LogP contribution in [0.4, 0.5) is 11.6 Å². The average molecular weight is 549 g/mol. The lowest BCUT2D eigenvalue weighted by atomic mass is 10.1. The SMILES string of the molecule is CCn1ncc2c3c(NCc4ccc(OC)c(Cl)c4)nnc(N4C=CN(N5CCC(C(N)=O)C5)C4)c3cnc21. The Morgan fingerprint density at radius 1 is 1.23 bits per heavy atom. The van der Waals surface area contributed by atoms with Gasteiger partial charge in [-0.1, -0.05) is 17.7 Å². The minimum absolute atomic E-state index is 0.133. The summed E-state index contributed by atoms with van der Waals surface area (Å²) in [5.74, 6) is 1.56. The van der Waals surface area contributed by atoms with Crippen molar-refractivity contribution in [3.63, 3.8) is 0 Å². The van der Waals surface area contributed by atoms with E-state index in [1.54, 1.807) is 7.11 Å². The summed E-state index contributed by atoms with van der Waals surface area (Å²) in [6, 6.07) is 5.67. The standard InChI is InChI=1S/C26H29ClN10O2/c1-3-37-25-19(13-31-37)22-18(12-30-25)26(34-8-9-36(15-34)35-7-6-17(14-35)23(28)38)33-32-24(22)29-11-16-4-5-21(39-2)20(27)10-16/h4-5,8-10,12-13,17H,3,6-7,11,14-15H2,1-2H3,(H2,28,38)(H,29,32). The van der Waals surface area contributed by atoms with E-state index >= 15 is 0 Å². The Kier molecular flexibility index (Phi) is 6.57. The van der Waals surface area contributed by atoms with Crippen LogP contribution in [0.1, 0.15) is 18.9 Å². The fraction of sp³-hybridized carbons (Fsp3) is 0.346. The topological polar surface area (TPSA) is 131 Å². The molecule has 0 radical (unpaired) electrons. The molecule has 1 aromatic carbocycles. The van der Waals surface area contributed by atoms with Crippen molar-refractivity contribution < 1.29 is 9.53 Å². The molecule has 1 atom stereocenters. The van der Waals surface area contributed by atoms with Crippen LogP contribution < -0.4 is 20.7 Å². The van der Waals surface area contributed by atoms with Crippen LogP contribution >= 0.6 is 11.6 Å². The van der Waals surface area contributed by atoms with Gasteiger partial charge in [0, 0.05) is 55.5 Å². The molecule has 0 spiro atoms. The lowest BCUT2D eigenvalue weighted by Crippen LogP contribution is -2.40. The Labute approximate surface area is 229 Å². The van der Waals surface area contributed by atoms with Gasteiger partial charge in [0.2, 0.25) is 5.91 Å². The van der Waals surface area contributed by atoms with E-state index in [4.69, 9.17) is 27.1 Å². The molecular weight excluding hydrogens is 520 g/mol. The molecule has 6 rings (SSSR count). The minimum Gasteiger partial charge on any atom is -0.495 e. The van der Waals surface area contributed by atoms with E-state index < -0.39 is 0 Å². The number of ether oxygens (including phenoxy) is 1. The van der Waals surface area contributed by atoms with Crippen molar-refractivity contribution in [1.29, 1.82) is 0 Å². The Bertz CT molecular complexity index is 1590. The Balaban J connectivity index is 1.33. The number of rotatable bonds is 8. The summed E-state index contributed by atoms with van der Waals surface area (Å²) in [5.41, 5.74) is 7.29. The number of aryl methyl sites for hydroxylation is 1. The van der Waals surface area contributed by atoms with Crippen molar-refractivity contribution in [1.82, 2.24) is 35.0 Å². The lowest BCUT2D eigenvalue weighted by Gasteiger charge is -2.29. The number of pyridine rings is 1. The van der Waals surface area contributed by atoms with Gasteiger partial charge in [0.25, 0.3) is 0 Å². The van der Waals surface area contributed by atoms with Crippen LogP contribution in [0.3, 0.4) is 0 Å². The maximum absolute atomic E-state index is 11.6. The number of hydrogen-bond donors (Lipinski definition) is 2. The number of anilines is 2. The number of amides is 1. The van der Waals surface area contributed by atoms with E-state index in [2.05, 4.69) is 30.6 Å². The van der Waals surface area contributed by atoms with Crippen LogP contribution in [0, 0.1) is 5.92 Å². The van der Waals surface area contributed by atoms with Crippen LogP contribution in [-0.2, 0) is 17.9 Å². The normalized spacial score (nSPS) is 17.6. The zero-order chi connectivity index (χ0) is 27.1. The third-order valence-electron chi connectivity index (χ3n) is 7.28. The first-order valence-electron chi connectivity index (χ1n) is 12.8. The fourth-order valence-electron chi connectivity index (χ4n) is 5.16. The first-order chi connectivity index (χ1) is 19.0. The Morgan fingerprint density at radius 3 is 2.85 bits per heavy atom. The van der Waals surface area contributed by atoms with Gasteiger partial charge in [-0.05, 0) is 31.0 Å². The molecule has 0 aliphatic carbocycles. The quantitative estimate of drug-likeness (QED) is 0.339. The zero-order valence-corrected chi connectivity index (χ0v) is 22.5. The number of nitrogens with one attached hydrogen (secondary N) is 1. The summed E-state index contributed by atoms with van der Waals surface area (Å²) in [4.78, 5) is 18.4. The molecule has 13 heteroatoms. The summed E-state index contributed by atoms with van der Waals surface area (Å²) in [6.45, 7) is 5.15. The van der Waals surface area contributed by atoms with Crippen LogP contribution in [0.25, 0.3) is 21.8 Å². The van der Waals surface area contributed by atoms with Gasteiger partial charge in [-0.3, -0.25) is 9.80 Å². The molecule has 12 nitrogen and oxygen atoms in total. The molecular formula is C26H29ClN10O2. The molecule has 2 aliphatic heterocycles. The van der Waals surface area contributed by atoms with Gasteiger partial charge in [-0.15, -0.1) is 10.2 Å². The second-order valence-corrected chi connectivity index (χ2v) is 10.00. The van der Waals surface area contributed by atoms with Crippen molar-refractivity contribution in [2.24, 2.45) is 11.7 Å². The van der Waals surface area contributed by atoms with E-state index in [-0.39, 0.29) is 11.8 Å². The number of methoxy groups -OCH3 is 1. The van der Waals surface area contributed by atoms with Gasteiger partial charge in [0.1, 0.15) is 12.4 Å². The van der Waals surface area contributed by atoms with Crippen LogP contribution in [0.2, 0.25) is 5.02 Å². The molecule has 5 heterocycles. The highest BCUT2D eigenvalue weighted by Gasteiger charge is 2.32. The maximum Gasteiger partial charge on any atom is 0.221 e. The number of nitrogens with zero attached hydrogens (tertiary/aromatic N) is 8. The van der Waals surface area contributed by atoms with Gasteiger partial charge < -0.3 is 20.7 Å². The third-order valence-corrected chi connectivity index (χ3v) is 7.58. The second kappa shape index (κ2) is 10.2. The largest absolute Gasteiger partial charge is 0.495 e. The number of carbonyl (C=O) groups excluding carboxylic acids is 1. The molecule has 202 valence electrons. The van der Waals surface area contributed by atoms with Gasteiger partial charge in [0.05, 0.1) is 29.6 Å². The molecule has 4 aromatic rings. The van der Waals surface area contributed by atoms with Gasteiger partial charge in [-0.2, -0.15) is 5.10 Å². The number of fused-ring (bicyclic) bond motifs is 3. The predicted molar refractivity (Wildman–Crippen MR) is 149 cm³/mol. The number of carbonyl (C=O) groups is 1. The van der Waals surface area contributed by atoms with E-state index in [0.717, 1.165) is 40.3 Å². The summed E-state index contributed by atoms with van der Waals surface area (Å²) in [5, 5.41) is 24.6. The predicted octanol–water partition coefficient (Wildman–Crippen LogP) is 2.94. The molecule has 1 saturated heterocycles. The molecule has 1 unspecified atom stereocenters. The van der Waals surface area contributed by atoms with Crippen LogP contribution in [-0.4, -0.2) is 67.8 Å². The minimum atomic E-state index is -0.253. The maximum atomic E-state index is 11.6. The van der Waals surface area contributed by atoms with Crippen LogP contribution in [0.15, 0.2) is 43.0 Å². The Morgan fingerprint density at radius 2 is 2.10 bits per heavy atom. The smallest absolute Gasteiger partial charge is 0.221 e. The number of benzene rings is 1. The summed E-state index contributed by atoms with van der Waals surface area (Å²) in [6.07, 6.45) is 8.37. The first-order valence-corrected chi connectivity index (χ1v) is 13.2. The highest BCUT2D eigenvalue weighted by molar-refractivity contribution is 6.32. The molecule has 0 saturated carbocycles. The van der Waals surface area contributed by atoms with Crippen molar-refractivity contribution in [3.8, 4) is 5.75 Å². The Hall–Kier alpha value is -4.16. The highest BCUT2D eigenvalue weighted by atomic mass is 35.5. The molecule has 1 amide bonds. The van der Waals surface area contributed by atoms with Crippen LogP contribution in [0.5, 0.6) is 5.75 Å². The third kappa shape index (κ3) is 4.55. The van der Waals surface area contributed by atoms with Crippen molar-refractivity contribution in [2.45, 2.75) is 26.4 Å². The number of hydrogen-bond acceptors (Lipinski definition) is 10. The first kappa shape index (κ1) is 25.1. The van der Waals surface area contributed by atoms with Gasteiger partial charge in [0.15, 0.2) is 17.3 Å². The highest BCUT2D eigenvalue weighted by Crippen LogP contribution is 2.35. The zero-order valence-electron chi connectivity index (χ0n) is 21.7. The average Bonchev–Trinajstić information content (AvgIpc) is 3.71. The van der Waals surface area contributed by atoms with E-state index in [1.807, 2.05) is 59.5 Å². The lowest BCUT2D eigenvalue weighted by molar-refractivity contribution is -0.121. The molecule has 3 aromatic heterocycles. The number of primary amides is 1. The summed E-state index contributed by atoms with van der Waals surface area (Å²) in [7, 11) is 1.59. The second-order valence-electron chi connectivity index (χ2n) is 9.59. The molecule has 2 aliphatic rings. The monoisotopic (exact) mass is 548 g/mol. The molecule has 1 fully saturated rings. The number of hydrazine groups is 1. The van der Waals surface area contributed by atoms with Crippen molar-refractivity contribution >= 4 is 50.9 Å². The van der Waals surface area contributed by atoms with E-state index in [1.165, 1.54) is 0 Å². The number of aromatic nitrogens is 5. The summed E-state index contributed by atoms with van der Waals surface area (Å²) >= 11 is 6.34. The number of nitrogens with two attached hydrogens (primary N) is 1. The molecule has 39 heavy (non-hydrogen) atoms. The van der Waals surface area contributed by atoms with Crippen molar-refractivity contribution in [2.75, 3.05) is 37.1 Å². The van der Waals surface area contributed by atoms with Gasteiger partial charge in [-0.25, -0.2) is 14.7 Å².